The van der Waals surface area contributed by atoms with E-state index in [1.807, 2.05) is 42.5 Å². The quantitative estimate of drug-likeness (QED) is 0.612. The third-order valence-corrected chi connectivity index (χ3v) is 4.69. The van der Waals surface area contributed by atoms with Crippen molar-refractivity contribution in [3.8, 4) is 11.4 Å². The molecule has 0 fully saturated rings. The number of anilines is 1. The van der Waals surface area contributed by atoms with E-state index in [1.54, 1.807) is 24.2 Å². The number of hydrogen-bond donors (Lipinski definition) is 1. The number of carbonyl (C=O) groups is 1. The average molecular weight is 367 g/mol. The molecule has 0 unspecified atom stereocenters. The summed E-state index contributed by atoms with van der Waals surface area (Å²) in [6.07, 6.45) is 4.91. The van der Waals surface area contributed by atoms with Crippen molar-refractivity contribution in [3.05, 3.63) is 54.9 Å². The molecule has 0 saturated heterocycles. The van der Waals surface area contributed by atoms with Gasteiger partial charge in [-0.3, -0.25) is 9.78 Å². The number of para-hydroxylation sites is 1. The molecule has 1 aromatic carbocycles. The van der Waals surface area contributed by atoms with Crippen LogP contribution < -0.4 is 5.32 Å². The summed E-state index contributed by atoms with van der Waals surface area (Å²) in [6, 6.07) is 13.3. The second-order valence-electron chi connectivity index (χ2n) is 5.71. The first-order valence-electron chi connectivity index (χ1n) is 8.59. The molecule has 0 saturated carbocycles. The first kappa shape index (κ1) is 18.1. The molecule has 0 aliphatic heterocycles. The van der Waals surface area contributed by atoms with Gasteiger partial charge >= 0.3 is 0 Å². The molecular formula is C19H21N5OS. The van der Waals surface area contributed by atoms with Gasteiger partial charge in [0, 0.05) is 42.4 Å². The van der Waals surface area contributed by atoms with E-state index in [9.17, 15) is 4.79 Å². The molecule has 0 bridgehead atoms. The number of benzene rings is 1. The molecule has 26 heavy (non-hydrogen) atoms. The number of aromatic nitrogens is 4. The minimum Gasteiger partial charge on any atom is -0.326 e. The molecule has 1 amide bonds. The van der Waals surface area contributed by atoms with Gasteiger partial charge in [0.05, 0.1) is 0 Å². The predicted octanol–water partition coefficient (Wildman–Crippen LogP) is 3.87. The van der Waals surface area contributed by atoms with E-state index in [1.165, 1.54) is 0 Å². The van der Waals surface area contributed by atoms with E-state index in [0.717, 1.165) is 35.2 Å². The maximum Gasteiger partial charge on any atom is 0.225 e. The summed E-state index contributed by atoms with van der Waals surface area (Å²) >= 11 is 1.55. The summed E-state index contributed by atoms with van der Waals surface area (Å²) in [5.41, 5.74) is 1.81. The van der Waals surface area contributed by atoms with Crippen molar-refractivity contribution in [1.29, 1.82) is 0 Å². The highest BCUT2D eigenvalue weighted by atomic mass is 32.2. The largest absolute Gasteiger partial charge is 0.326 e. The Labute approximate surface area is 157 Å². The highest BCUT2D eigenvalue weighted by Gasteiger charge is 2.14. The van der Waals surface area contributed by atoms with Crippen molar-refractivity contribution in [2.75, 3.05) is 11.1 Å². The number of rotatable bonds is 8. The number of carbonyl (C=O) groups excluding carboxylic acids is 1. The van der Waals surface area contributed by atoms with Crippen molar-refractivity contribution in [2.45, 2.75) is 31.5 Å². The average Bonchev–Trinajstić information content (AvgIpc) is 3.06. The van der Waals surface area contributed by atoms with Gasteiger partial charge in [0.25, 0.3) is 0 Å². The molecule has 6 nitrogen and oxygen atoms in total. The first-order chi connectivity index (χ1) is 12.8. The van der Waals surface area contributed by atoms with E-state index < -0.39 is 0 Å². The summed E-state index contributed by atoms with van der Waals surface area (Å²) in [6.45, 7) is 2.96. The minimum absolute atomic E-state index is 0.000357. The Morgan fingerprint density at radius 3 is 2.62 bits per heavy atom. The Morgan fingerprint density at radius 2 is 1.88 bits per heavy atom. The molecule has 3 aromatic rings. The third-order valence-electron chi connectivity index (χ3n) is 3.72. The number of pyridine rings is 1. The van der Waals surface area contributed by atoms with Gasteiger partial charge in [0.15, 0.2) is 11.0 Å². The monoisotopic (exact) mass is 367 g/mol. The van der Waals surface area contributed by atoms with E-state index in [4.69, 9.17) is 0 Å². The Bertz CT molecular complexity index is 836. The summed E-state index contributed by atoms with van der Waals surface area (Å²) in [5.74, 6) is 1.49. The molecule has 3 rings (SSSR count). The fraction of sp³-hybridized carbons (Fsp3) is 0.263. The Morgan fingerprint density at radius 1 is 1.12 bits per heavy atom. The Kier molecular flexibility index (Phi) is 6.38. The van der Waals surface area contributed by atoms with E-state index >= 15 is 0 Å². The molecule has 1 N–H and O–H groups in total. The van der Waals surface area contributed by atoms with E-state index in [2.05, 4.69) is 32.0 Å². The molecule has 0 aliphatic rings. The van der Waals surface area contributed by atoms with Crippen LogP contribution in [0.1, 0.15) is 19.8 Å². The molecule has 0 spiro atoms. The van der Waals surface area contributed by atoms with Gasteiger partial charge in [-0.2, -0.15) is 0 Å². The number of nitrogens with zero attached hydrogens (tertiary/aromatic N) is 4. The highest BCUT2D eigenvalue weighted by molar-refractivity contribution is 7.99. The SMILES string of the molecule is CCCn1c(SCCC(=O)Nc2ccccc2)nnc1-c1ccncc1. The van der Waals surface area contributed by atoms with Crippen molar-refractivity contribution >= 4 is 23.4 Å². The normalized spacial score (nSPS) is 10.7. The van der Waals surface area contributed by atoms with Crippen molar-refractivity contribution in [2.24, 2.45) is 0 Å². The predicted molar refractivity (Wildman–Crippen MR) is 104 cm³/mol. The summed E-state index contributed by atoms with van der Waals surface area (Å²) < 4.78 is 2.11. The van der Waals surface area contributed by atoms with Crippen LogP contribution in [0.15, 0.2) is 60.0 Å². The van der Waals surface area contributed by atoms with Crippen molar-refractivity contribution in [1.82, 2.24) is 19.7 Å². The maximum atomic E-state index is 12.1. The Hall–Kier alpha value is -2.67. The zero-order chi connectivity index (χ0) is 18.2. The van der Waals surface area contributed by atoms with Crippen LogP contribution in [-0.2, 0) is 11.3 Å². The van der Waals surface area contributed by atoms with E-state index in [-0.39, 0.29) is 5.91 Å². The lowest BCUT2D eigenvalue weighted by Gasteiger charge is -2.09. The highest BCUT2D eigenvalue weighted by Crippen LogP contribution is 2.24. The molecule has 0 aliphatic carbocycles. The topological polar surface area (TPSA) is 72.7 Å². The molecule has 2 heterocycles. The smallest absolute Gasteiger partial charge is 0.225 e. The minimum atomic E-state index is -0.000357. The van der Waals surface area contributed by atoms with Crippen molar-refractivity contribution in [3.63, 3.8) is 0 Å². The Balaban J connectivity index is 1.61. The molecule has 134 valence electrons. The molecule has 7 heteroatoms. The van der Waals surface area contributed by atoms with Crippen molar-refractivity contribution < 1.29 is 4.79 Å². The standard InChI is InChI=1S/C19H21N5OS/c1-2-13-24-18(15-8-11-20-12-9-15)22-23-19(24)26-14-10-17(25)21-16-6-4-3-5-7-16/h3-9,11-12H,2,10,13-14H2,1H3,(H,21,25). The fourth-order valence-electron chi connectivity index (χ4n) is 2.52. The van der Waals surface area contributed by atoms with Gasteiger partial charge in [-0.25, -0.2) is 0 Å². The second-order valence-corrected chi connectivity index (χ2v) is 6.77. The third kappa shape index (κ3) is 4.70. The molecule has 2 aromatic heterocycles. The lowest BCUT2D eigenvalue weighted by molar-refractivity contribution is -0.115. The summed E-state index contributed by atoms with van der Waals surface area (Å²) in [7, 11) is 0. The zero-order valence-electron chi connectivity index (χ0n) is 14.6. The van der Waals surface area contributed by atoms with Crippen LogP contribution in [0.4, 0.5) is 5.69 Å². The molecular weight excluding hydrogens is 346 g/mol. The lowest BCUT2D eigenvalue weighted by atomic mass is 10.2. The number of hydrogen-bond acceptors (Lipinski definition) is 5. The van der Waals surface area contributed by atoms with E-state index in [0.29, 0.717) is 12.2 Å². The first-order valence-corrected chi connectivity index (χ1v) is 9.57. The van der Waals surface area contributed by atoms with Gasteiger partial charge in [-0.1, -0.05) is 36.9 Å². The number of nitrogens with one attached hydrogen (secondary N) is 1. The van der Waals surface area contributed by atoms with Crippen LogP contribution in [0.2, 0.25) is 0 Å². The van der Waals surface area contributed by atoms with Gasteiger partial charge < -0.3 is 9.88 Å². The van der Waals surface area contributed by atoms with Gasteiger partial charge in [-0.05, 0) is 30.7 Å². The van der Waals surface area contributed by atoms with Crippen LogP contribution in [0, 0.1) is 0 Å². The van der Waals surface area contributed by atoms with Gasteiger partial charge in [-0.15, -0.1) is 10.2 Å². The molecule has 0 atom stereocenters. The summed E-state index contributed by atoms with van der Waals surface area (Å²) in [5, 5.41) is 12.4. The fourth-order valence-corrected chi connectivity index (χ4v) is 3.42. The van der Waals surface area contributed by atoms with Gasteiger partial charge in [0.2, 0.25) is 5.91 Å². The number of amides is 1. The number of thioether (sulfide) groups is 1. The zero-order valence-corrected chi connectivity index (χ0v) is 15.4. The van der Waals surface area contributed by atoms with Crippen LogP contribution in [0.5, 0.6) is 0 Å². The summed E-state index contributed by atoms with van der Waals surface area (Å²) in [4.78, 5) is 16.1. The van der Waals surface area contributed by atoms with Crippen LogP contribution >= 0.6 is 11.8 Å². The second kappa shape index (κ2) is 9.15. The lowest BCUT2D eigenvalue weighted by Crippen LogP contribution is -2.12. The maximum absolute atomic E-state index is 12.1. The van der Waals surface area contributed by atoms with Crippen LogP contribution in [0.3, 0.4) is 0 Å². The molecule has 0 radical (unpaired) electrons. The van der Waals surface area contributed by atoms with Gasteiger partial charge in [0.1, 0.15) is 0 Å². The van der Waals surface area contributed by atoms with Crippen LogP contribution in [-0.4, -0.2) is 31.4 Å². The van der Waals surface area contributed by atoms with Crippen LogP contribution in [0.25, 0.3) is 11.4 Å².